The van der Waals surface area contributed by atoms with Gasteiger partial charge in [0.1, 0.15) is 11.4 Å². The largest absolute Gasteiger partial charge is 0.346 e. The van der Waals surface area contributed by atoms with Gasteiger partial charge in [-0.05, 0) is 33.3 Å². The highest BCUT2D eigenvalue weighted by molar-refractivity contribution is 5.82. The van der Waals surface area contributed by atoms with Gasteiger partial charge in [-0.3, -0.25) is 4.79 Å². The lowest BCUT2D eigenvalue weighted by Crippen LogP contribution is -2.36. The fourth-order valence-corrected chi connectivity index (χ4v) is 2.93. The molecular weight excluding hydrogens is 342 g/mol. The first-order valence-electron chi connectivity index (χ1n) is 8.41. The highest BCUT2D eigenvalue weighted by atomic mass is 16.7. The molecule has 3 aromatic carbocycles. The summed E-state index contributed by atoms with van der Waals surface area (Å²) in [6, 6.07) is 25.3. The van der Waals surface area contributed by atoms with Crippen molar-refractivity contribution in [3.8, 4) is 0 Å². The number of carbonyl (C=O) groups is 1. The lowest BCUT2D eigenvalue weighted by atomic mass is 9.91. The van der Waals surface area contributed by atoms with E-state index < -0.39 is 17.4 Å². The van der Waals surface area contributed by atoms with E-state index in [1.54, 1.807) is 24.3 Å². The monoisotopic (exact) mass is 357 g/mol. The summed E-state index contributed by atoms with van der Waals surface area (Å²) >= 11 is 0. The van der Waals surface area contributed by atoms with E-state index in [4.69, 9.17) is 4.84 Å². The first kappa shape index (κ1) is 16.7. The number of carbonyl (C=O) groups excluding carboxylic acids is 1. The number of aromatic nitrogens is 3. The second-order valence-electron chi connectivity index (χ2n) is 5.95. The van der Waals surface area contributed by atoms with E-state index in [1.165, 1.54) is 0 Å². The Bertz CT molecular complexity index is 1100. The fourth-order valence-electron chi connectivity index (χ4n) is 2.93. The van der Waals surface area contributed by atoms with Crippen LogP contribution in [0.2, 0.25) is 0 Å². The van der Waals surface area contributed by atoms with Gasteiger partial charge in [0.2, 0.25) is 0 Å². The molecule has 4 aromatic rings. The molecular formula is C21H15N3O3. The molecule has 0 N–H and O–H groups in total. The van der Waals surface area contributed by atoms with Crippen molar-refractivity contribution in [1.82, 2.24) is 15.2 Å². The predicted octanol–water partition coefficient (Wildman–Crippen LogP) is 2.58. The molecule has 1 aromatic heterocycles. The van der Waals surface area contributed by atoms with E-state index >= 15 is 0 Å². The van der Waals surface area contributed by atoms with Crippen molar-refractivity contribution in [2.24, 2.45) is 0 Å². The zero-order valence-corrected chi connectivity index (χ0v) is 14.2. The summed E-state index contributed by atoms with van der Waals surface area (Å²) in [5.74, 6) is -1.30. The third-order valence-electron chi connectivity index (χ3n) is 4.22. The Morgan fingerprint density at radius 3 is 2.00 bits per heavy atom. The average molecular weight is 357 g/mol. The van der Waals surface area contributed by atoms with Gasteiger partial charge in [0.25, 0.3) is 0 Å². The second kappa shape index (κ2) is 7.21. The molecule has 0 saturated carbocycles. The molecule has 0 amide bonds. The minimum Gasteiger partial charge on any atom is -0.313 e. The van der Waals surface area contributed by atoms with Crippen LogP contribution >= 0.6 is 0 Å². The van der Waals surface area contributed by atoms with Crippen molar-refractivity contribution in [3.05, 3.63) is 106 Å². The molecule has 0 aliphatic rings. The predicted molar refractivity (Wildman–Crippen MR) is 100 cm³/mol. The molecule has 6 nitrogen and oxygen atoms in total. The molecule has 0 saturated heterocycles. The molecule has 0 bridgehead atoms. The summed E-state index contributed by atoms with van der Waals surface area (Å²) in [6.45, 7) is 0. The molecule has 27 heavy (non-hydrogen) atoms. The van der Waals surface area contributed by atoms with Crippen LogP contribution in [-0.4, -0.2) is 21.1 Å². The van der Waals surface area contributed by atoms with Crippen molar-refractivity contribution < 1.29 is 9.63 Å². The molecule has 0 atom stereocenters. The van der Waals surface area contributed by atoms with Crippen molar-refractivity contribution in [2.75, 3.05) is 0 Å². The van der Waals surface area contributed by atoms with Gasteiger partial charge in [0.15, 0.2) is 0 Å². The number of hydrogen-bond acceptors (Lipinski definition) is 5. The lowest BCUT2D eigenvalue weighted by Gasteiger charge is -2.16. The standard InChI is InChI=1S/C21H15N3O3/c25-20-17-13-7-8-14-18(17)22-23-24(20)27-21(26)19(15-9-3-1-4-10-15)16-11-5-2-6-12-16/h1-14,19H. The Balaban J connectivity index is 1.73. The summed E-state index contributed by atoms with van der Waals surface area (Å²) in [7, 11) is 0. The summed E-state index contributed by atoms with van der Waals surface area (Å²) in [4.78, 5) is 31.5. The number of benzene rings is 3. The van der Waals surface area contributed by atoms with E-state index in [0.29, 0.717) is 15.7 Å². The molecule has 0 aliphatic carbocycles. The normalized spacial score (nSPS) is 10.9. The van der Waals surface area contributed by atoms with Crippen molar-refractivity contribution >= 4 is 16.9 Å². The molecule has 6 heteroatoms. The molecule has 0 spiro atoms. The third-order valence-corrected chi connectivity index (χ3v) is 4.22. The van der Waals surface area contributed by atoms with Gasteiger partial charge in [-0.1, -0.05) is 72.8 Å². The van der Waals surface area contributed by atoms with Gasteiger partial charge in [-0.15, -0.1) is 5.10 Å². The zero-order chi connectivity index (χ0) is 18.6. The van der Waals surface area contributed by atoms with Gasteiger partial charge < -0.3 is 4.84 Å². The van der Waals surface area contributed by atoms with Crippen LogP contribution in [-0.2, 0) is 4.79 Å². The number of rotatable bonds is 4. The van der Waals surface area contributed by atoms with Crippen LogP contribution in [0.25, 0.3) is 10.9 Å². The average Bonchev–Trinajstić information content (AvgIpc) is 2.72. The molecule has 0 unspecified atom stereocenters. The molecule has 1 heterocycles. The molecule has 0 fully saturated rings. The van der Waals surface area contributed by atoms with E-state index in [9.17, 15) is 9.59 Å². The Morgan fingerprint density at radius 1 is 0.815 bits per heavy atom. The van der Waals surface area contributed by atoms with Crippen LogP contribution < -0.4 is 10.4 Å². The molecule has 0 aliphatic heterocycles. The highest BCUT2D eigenvalue weighted by Gasteiger charge is 2.26. The van der Waals surface area contributed by atoms with Crippen LogP contribution in [0.3, 0.4) is 0 Å². The summed E-state index contributed by atoms with van der Waals surface area (Å²) < 4.78 is 0. The van der Waals surface area contributed by atoms with E-state index in [1.807, 2.05) is 60.7 Å². The van der Waals surface area contributed by atoms with Gasteiger partial charge in [-0.25, -0.2) is 4.79 Å². The Morgan fingerprint density at radius 2 is 1.37 bits per heavy atom. The van der Waals surface area contributed by atoms with Crippen molar-refractivity contribution in [2.45, 2.75) is 5.92 Å². The Kier molecular flexibility index (Phi) is 4.45. The van der Waals surface area contributed by atoms with Gasteiger partial charge in [0.05, 0.1) is 5.39 Å². The topological polar surface area (TPSA) is 74.1 Å². The lowest BCUT2D eigenvalue weighted by molar-refractivity contribution is -0.147. The van der Waals surface area contributed by atoms with Gasteiger partial charge in [0, 0.05) is 0 Å². The van der Waals surface area contributed by atoms with Crippen molar-refractivity contribution in [1.29, 1.82) is 0 Å². The Hall–Kier alpha value is -3.80. The molecule has 4 rings (SSSR count). The van der Waals surface area contributed by atoms with Crippen LogP contribution in [0.15, 0.2) is 89.7 Å². The fraction of sp³-hybridized carbons (Fsp3) is 0.0476. The van der Waals surface area contributed by atoms with Crippen LogP contribution in [0.1, 0.15) is 17.0 Å². The minimum atomic E-state index is -0.687. The number of hydrogen-bond donors (Lipinski definition) is 0. The zero-order valence-electron chi connectivity index (χ0n) is 14.2. The Labute approximate surface area is 154 Å². The van der Waals surface area contributed by atoms with Crippen molar-refractivity contribution in [3.63, 3.8) is 0 Å². The van der Waals surface area contributed by atoms with E-state index in [-0.39, 0.29) is 0 Å². The summed E-state index contributed by atoms with van der Waals surface area (Å²) in [5.41, 5.74) is 1.43. The van der Waals surface area contributed by atoms with Crippen LogP contribution in [0.4, 0.5) is 0 Å². The van der Waals surface area contributed by atoms with Crippen LogP contribution in [0, 0.1) is 0 Å². The van der Waals surface area contributed by atoms with E-state index in [2.05, 4.69) is 10.3 Å². The molecule has 0 radical (unpaired) electrons. The molecule has 132 valence electrons. The number of nitrogens with zero attached hydrogens (tertiary/aromatic N) is 3. The van der Waals surface area contributed by atoms with E-state index in [0.717, 1.165) is 11.1 Å². The highest BCUT2D eigenvalue weighted by Crippen LogP contribution is 2.25. The first-order chi connectivity index (χ1) is 13.2. The first-order valence-corrected chi connectivity index (χ1v) is 8.41. The maximum absolute atomic E-state index is 13.0. The third kappa shape index (κ3) is 3.32. The maximum Gasteiger partial charge on any atom is 0.346 e. The summed E-state index contributed by atoms with van der Waals surface area (Å²) in [6.07, 6.45) is 0. The van der Waals surface area contributed by atoms with Crippen LogP contribution in [0.5, 0.6) is 0 Å². The number of fused-ring (bicyclic) bond motifs is 1. The summed E-state index contributed by atoms with van der Waals surface area (Å²) in [5, 5.41) is 7.99. The smallest absolute Gasteiger partial charge is 0.313 e. The van der Waals surface area contributed by atoms with Gasteiger partial charge in [-0.2, -0.15) is 0 Å². The maximum atomic E-state index is 13.0. The SMILES string of the molecule is O=C(On1nnc2ccccc2c1=O)C(c1ccccc1)c1ccccc1. The minimum absolute atomic E-state index is 0.330. The quantitative estimate of drug-likeness (QED) is 0.525. The van der Waals surface area contributed by atoms with Gasteiger partial charge >= 0.3 is 11.5 Å². The second-order valence-corrected chi connectivity index (χ2v) is 5.95.